The number of rotatable bonds is 4. The van der Waals surface area contributed by atoms with Gasteiger partial charge < -0.3 is 4.57 Å². The molecule has 0 fully saturated rings. The Labute approximate surface area is 160 Å². The number of non-ortho nitro benzene ring substituents is 1. The smallest absolute Gasteiger partial charge is 0.270 e. The Morgan fingerprint density at radius 1 is 1.20 bits per heavy atom. The molecule has 5 nitrogen and oxygen atoms in total. The van der Waals surface area contributed by atoms with Gasteiger partial charge in [-0.2, -0.15) is 0 Å². The predicted molar refractivity (Wildman–Crippen MR) is 107 cm³/mol. The van der Waals surface area contributed by atoms with Crippen molar-refractivity contribution in [3.63, 3.8) is 0 Å². The summed E-state index contributed by atoms with van der Waals surface area (Å²) in [6, 6.07) is 14.7. The van der Waals surface area contributed by atoms with Crippen LogP contribution in [-0.2, 0) is 6.54 Å². The Morgan fingerprint density at radius 3 is 2.56 bits per heavy atom. The summed E-state index contributed by atoms with van der Waals surface area (Å²) >= 11 is 1.54. The number of nitro benzene ring substituents is 1. The van der Waals surface area contributed by atoms with E-state index in [2.05, 4.69) is 4.57 Å². The zero-order chi connectivity index (χ0) is 17.1. The van der Waals surface area contributed by atoms with E-state index in [0.29, 0.717) is 0 Å². The highest BCUT2D eigenvalue weighted by Gasteiger charge is 2.11. The molecular weight excluding hydrogens is 402 g/mol. The standard InChI is InChI=1S/C18H17N3O2S.BrH/c1-3-20-17(14-5-4-6-16(11-14)21(22)23)12-24-18(20)19-15-9-7-13(2)8-10-15;/h4-12H,3H2,1-2H3;1H. The topological polar surface area (TPSA) is 60.4 Å². The van der Waals surface area contributed by atoms with Crippen molar-refractivity contribution < 1.29 is 4.92 Å². The minimum Gasteiger partial charge on any atom is -0.317 e. The molecule has 0 aliphatic rings. The Balaban J connectivity index is 0.00000225. The number of aryl methyl sites for hydroxylation is 1. The molecular formula is C18H18BrN3O2S. The second kappa shape index (κ2) is 8.22. The summed E-state index contributed by atoms with van der Waals surface area (Å²) in [5.41, 5.74) is 3.96. The van der Waals surface area contributed by atoms with Gasteiger partial charge in [0, 0.05) is 29.6 Å². The number of nitro groups is 1. The van der Waals surface area contributed by atoms with Crippen molar-refractivity contribution in [2.75, 3.05) is 0 Å². The van der Waals surface area contributed by atoms with E-state index in [4.69, 9.17) is 4.99 Å². The van der Waals surface area contributed by atoms with Gasteiger partial charge in [0.15, 0.2) is 4.80 Å². The van der Waals surface area contributed by atoms with Crippen molar-refractivity contribution in [1.82, 2.24) is 4.57 Å². The van der Waals surface area contributed by atoms with Crippen LogP contribution in [0.3, 0.4) is 0 Å². The van der Waals surface area contributed by atoms with Crippen molar-refractivity contribution >= 4 is 39.7 Å². The number of aromatic nitrogens is 1. The van der Waals surface area contributed by atoms with Crippen LogP contribution in [0, 0.1) is 17.0 Å². The van der Waals surface area contributed by atoms with Crippen LogP contribution in [-0.4, -0.2) is 9.49 Å². The average molecular weight is 420 g/mol. The van der Waals surface area contributed by atoms with E-state index in [0.717, 1.165) is 28.3 Å². The number of benzene rings is 2. The normalized spacial score (nSPS) is 11.2. The summed E-state index contributed by atoms with van der Waals surface area (Å²) in [4.78, 5) is 16.2. The van der Waals surface area contributed by atoms with Gasteiger partial charge in [-0.1, -0.05) is 29.8 Å². The third-order valence-corrected chi connectivity index (χ3v) is 4.59. The van der Waals surface area contributed by atoms with Gasteiger partial charge in [0.2, 0.25) is 0 Å². The Hall–Kier alpha value is -2.25. The molecule has 0 atom stereocenters. The largest absolute Gasteiger partial charge is 0.317 e. The van der Waals surface area contributed by atoms with Gasteiger partial charge in [0.1, 0.15) is 0 Å². The first-order valence-corrected chi connectivity index (χ1v) is 8.51. The summed E-state index contributed by atoms with van der Waals surface area (Å²) in [5.74, 6) is 0. The van der Waals surface area contributed by atoms with Crippen molar-refractivity contribution in [1.29, 1.82) is 0 Å². The molecule has 1 heterocycles. The van der Waals surface area contributed by atoms with Crippen LogP contribution in [0.1, 0.15) is 12.5 Å². The van der Waals surface area contributed by atoms with Crippen molar-refractivity contribution in [3.8, 4) is 11.3 Å². The zero-order valence-electron chi connectivity index (χ0n) is 13.9. The van der Waals surface area contributed by atoms with Crippen LogP contribution in [0.15, 0.2) is 58.9 Å². The average Bonchev–Trinajstić information content (AvgIpc) is 2.99. The molecule has 0 spiro atoms. The van der Waals surface area contributed by atoms with Crippen molar-refractivity contribution in [3.05, 3.63) is 74.4 Å². The van der Waals surface area contributed by atoms with Gasteiger partial charge in [0.25, 0.3) is 5.69 Å². The van der Waals surface area contributed by atoms with Gasteiger partial charge in [-0.05, 0) is 26.0 Å². The van der Waals surface area contributed by atoms with E-state index in [9.17, 15) is 10.1 Å². The molecule has 3 aromatic rings. The third-order valence-electron chi connectivity index (χ3n) is 3.73. The molecule has 3 rings (SSSR count). The van der Waals surface area contributed by atoms with Gasteiger partial charge in [-0.25, -0.2) is 4.99 Å². The predicted octanol–water partition coefficient (Wildman–Crippen LogP) is 5.26. The van der Waals surface area contributed by atoms with Crippen LogP contribution in [0.25, 0.3) is 11.3 Å². The molecule has 0 radical (unpaired) electrons. The monoisotopic (exact) mass is 419 g/mol. The molecule has 0 aliphatic carbocycles. The fourth-order valence-corrected chi connectivity index (χ4v) is 3.46. The highest BCUT2D eigenvalue weighted by Crippen LogP contribution is 2.24. The van der Waals surface area contributed by atoms with E-state index in [1.807, 2.05) is 49.6 Å². The number of nitrogens with zero attached hydrogens (tertiary/aromatic N) is 3. The number of hydrogen-bond acceptors (Lipinski definition) is 4. The number of hydrogen-bond donors (Lipinski definition) is 0. The van der Waals surface area contributed by atoms with E-state index >= 15 is 0 Å². The molecule has 25 heavy (non-hydrogen) atoms. The molecule has 1 aromatic heterocycles. The second-order valence-electron chi connectivity index (χ2n) is 5.40. The summed E-state index contributed by atoms with van der Waals surface area (Å²) < 4.78 is 2.07. The van der Waals surface area contributed by atoms with Crippen LogP contribution in [0.2, 0.25) is 0 Å². The summed E-state index contributed by atoms with van der Waals surface area (Å²) in [7, 11) is 0. The highest BCUT2D eigenvalue weighted by molar-refractivity contribution is 8.93. The van der Waals surface area contributed by atoms with Gasteiger partial charge in [-0.3, -0.25) is 10.1 Å². The van der Waals surface area contributed by atoms with E-state index < -0.39 is 0 Å². The zero-order valence-corrected chi connectivity index (χ0v) is 16.4. The lowest BCUT2D eigenvalue weighted by molar-refractivity contribution is -0.384. The molecule has 0 saturated carbocycles. The van der Waals surface area contributed by atoms with Crippen LogP contribution >= 0.6 is 28.3 Å². The van der Waals surface area contributed by atoms with Gasteiger partial charge in [-0.15, -0.1) is 28.3 Å². The molecule has 7 heteroatoms. The summed E-state index contributed by atoms with van der Waals surface area (Å²) in [6.07, 6.45) is 0. The number of thiazole rings is 1. The maximum Gasteiger partial charge on any atom is 0.270 e. The first kappa shape index (κ1) is 19.1. The fraction of sp³-hybridized carbons (Fsp3) is 0.167. The van der Waals surface area contributed by atoms with Crippen molar-refractivity contribution in [2.45, 2.75) is 20.4 Å². The minimum atomic E-state index is -0.371. The molecule has 0 bridgehead atoms. The van der Waals surface area contributed by atoms with Gasteiger partial charge >= 0.3 is 0 Å². The molecule has 2 aromatic carbocycles. The minimum absolute atomic E-state index is 0. The van der Waals surface area contributed by atoms with Crippen LogP contribution < -0.4 is 4.80 Å². The highest BCUT2D eigenvalue weighted by atomic mass is 79.9. The quantitative estimate of drug-likeness (QED) is 0.427. The van der Waals surface area contributed by atoms with E-state index in [1.54, 1.807) is 12.1 Å². The number of halogens is 1. The first-order valence-electron chi connectivity index (χ1n) is 7.63. The van der Waals surface area contributed by atoms with Crippen LogP contribution in [0.4, 0.5) is 11.4 Å². The summed E-state index contributed by atoms with van der Waals surface area (Å²) in [6.45, 7) is 4.83. The SMILES string of the molecule is Br.CCn1c(-c2cccc([N+](=O)[O-])c2)csc1=Nc1ccc(C)cc1. The lowest BCUT2D eigenvalue weighted by Crippen LogP contribution is -2.14. The lowest BCUT2D eigenvalue weighted by atomic mass is 10.1. The molecule has 130 valence electrons. The van der Waals surface area contributed by atoms with E-state index in [1.165, 1.54) is 23.0 Å². The first-order chi connectivity index (χ1) is 11.6. The van der Waals surface area contributed by atoms with Gasteiger partial charge in [0.05, 0.1) is 16.3 Å². The Kier molecular flexibility index (Phi) is 6.27. The molecule has 0 amide bonds. The maximum atomic E-state index is 11.0. The molecule has 0 N–H and O–H groups in total. The third kappa shape index (κ3) is 4.24. The van der Waals surface area contributed by atoms with E-state index in [-0.39, 0.29) is 27.6 Å². The maximum absolute atomic E-state index is 11.0. The Bertz CT molecular complexity index is 945. The van der Waals surface area contributed by atoms with Crippen LogP contribution in [0.5, 0.6) is 0 Å². The molecule has 0 aliphatic heterocycles. The molecule has 0 saturated heterocycles. The second-order valence-corrected chi connectivity index (χ2v) is 6.24. The lowest BCUT2D eigenvalue weighted by Gasteiger charge is -2.06. The van der Waals surface area contributed by atoms with Crippen molar-refractivity contribution in [2.24, 2.45) is 4.99 Å². The Morgan fingerprint density at radius 2 is 1.92 bits per heavy atom. The fourth-order valence-electron chi connectivity index (χ4n) is 2.46. The molecule has 0 unspecified atom stereocenters. The summed E-state index contributed by atoms with van der Waals surface area (Å²) in [5, 5.41) is 13.0.